The second-order valence-corrected chi connectivity index (χ2v) is 6.54. The predicted molar refractivity (Wildman–Crippen MR) is 99.9 cm³/mol. The highest BCUT2D eigenvalue weighted by molar-refractivity contribution is 7.80. The van der Waals surface area contributed by atoms with E-state index in [1.807, 2.05) is 6.07 Å². The summed E-state index contributed by atoms with van der Waals surface area (Å²) >= 11 is 5.02. The van der Waals surface area contributed by atoms with Crippen LogP contribution in [0.1, 0.15) is 24.8 Å². The Bertz CT molecular complexity index is 699. The van der Waals surface area contributed by atoms with E-state index in [1.54, 1.807) is 38.4 Å². The molecule has 0 aromatic heterocycles. The summed E-state index contributed by atoms with van der Waals surface area (Å²) in [4.78, 5) is 13.0. The van der Waals surface area contributed by atoms with E-state index >= 15 is 0 Å². The molecule has 9 heteroatoms. The standard InChI is InChI=1S/C16H23N3O4S2/c1-17-15(24)19-14(20)16(12-18-25(21)22,10-6-7-11-23-2)13-8-4-3-5-9-13/h3-5,8-9H,6-7,10-12H2,1-2H3,(H2,17,19,20,24). The van der Waals surface area contributed by atoms with Crippen LogP contribution in [0.5, 0.6) is 0 Å². The fourth-order valence-corrected chi connectivity index (χ4v) is 2.93. The SMILES string of the molecule is CNC(=S)NC(=O)C(CCCCOC)(CN=S(=O)=O)c1ccccc1. The summed E-state index contributed by atoms with van der Waals surface area (Å²) in [7, 11) is 0.605. The number of benzene rings is 1. The number of carbonyl (C=O) groups excluding carboxylic acids is 1. The van der Waals surface area contributed by atoms with Gasteiger partial charge in [0.15, 0.2) is 5.11 Å². The second kappa shape index (κ2) is 10.9. The first-order valence-electron chi connectivity index (χ1n) is 7.81. The Labute approximate surface area is 154 Å². The minimum Gasteiger partial charge on any atom is -0.385 e. The zero-order chi connectivity index (χ0) is 18.7. The third-order valence-corrected chi connectivity index (χ3v) is 4.50. The first-order chi connectivity index (χ1) is 12.0. The van der Waals surface area contributed by atoms with Gasteiger partial charge in [-0.05, 0) is 37.0 Å². The molecular weight excluding hydrogens is 362 g/mol. The number of rotatable bonds is 9. The van der Waals surface area contributed by atoms with E-state index in [0.717, 1.165) is 6.42 Å². The van der Waals surface area contributed by atoms with Crippen LogP contribution in [-0.4, -0.2) is 46.7 Å². The van der Waals surface area contributed by atoms with Gasteiger partial charge in [0.2, 0.25) is 5.91 Å². The molecule has 0 saturated carbocycles. The summed E-state index contributed by atoms with van der Waals surface area (Å²) in [5.74, 6) is -0.385. The van der Waals surface area contributed by atoms with Gasteiger partial charge in [0.1, 0.15) is 0 Å². The zero-order valence-corrected chi connectivity index (χ0v) is 16.0. The number of nitrogens with zero attached hydrogens (tertiary/aromatic N) is 1. The highest BCUT2D eigenvalue weighted by Gasteiger charge is 2.40. The number of amides is 1. The third-order valence-electron chi connectivity index (χ3n) is 3.86. The summed E-state index contributed by atoms with van der Waals surface area (Å²) in [5.41, 5.74) is -0.436. The smallest absolute Gasteiger partial charge is 0.311 e. The topological polar surface area (TPSA) is 96.9 Å². The largest absolute Gasteiger partial charge is 0.385 e. The molecule has 0 spiro atoms. The molecule has 1 atom stereocenters. The molecule has 1 aromatic rings. The lowest BCUT2D eigenvalue weighted by Crippen LogP contribution is -2.50. The van der Waals surface area contributed by atoms with Crippen molar-refractivity contribution in [3.05, 3.63) is 35.9 Å². The number of unbranched alkanes of at least 4 members (excludes halogenated alkanes) is 1. The lowest BCUT2D eigenvalue weighted by molar-refractivity contribution is -0.125. The Morgan fingerprint density at radius 1 is 1.28 bits per heavy atom. The summed E-state index contributed by atoms with van der Waals surface area (Å²) in [5, 5.41) is 5.48. The fraction of sp³-hybridized carbons (Fsp3) is 0.500. The normalized spacial score (nSPS) is 12.7. The van der Waals surface area contributed by atoms with Crippen LogP contribution in [0.4, 0.5) is 0 Å². The number of ether oxygens (including phenoxy) is 1. The van der Waals surface area contributed by atoms with Crippen molar-refractivity contribution in [3.8, 4) is 0 Å². The van der Waals surface area contributed by atoms with Crippen LogP contribution < -0.4 is 10.6 Å². The second-order valence-electron chi connectivity index (χ2n) is 5.44. The average Bonchev–Trinajstić information content (AvgIpc) is 2.61. The number of hydrogen-bond donors (Lipinski definition) is 2. The zero-order valence-electron chi connectivity index (χ0n) is 14.3. The Morgan fingerprint density at radius 3 is 2.52 bits per heavy atom. The van der Waals surface area contributed by atoms with Gasteiger partial charge in [-0.2, -0.15) is 12.8 Å². The molecule has 1 unspecified atom stereocenters. The monoisotopic (exact) mass is 385 g/mol. The van der Waals surface area contributed by atoms with Crippen molar-refractivity contribution >= 4 is 33.7 Å². The van der Waals surface area contributed by atoms with E-state index < -0.39 is 15.9 Å². The molecule has 1 rings (SSSR count). The van der Waals surface area contributed by atoms with Gasteiger partial charge < -0.3 is 15.4 Å². The van der Waals surface area contributed by atoms with Crippen molar-refractivity contribution in [3.63, 3.8) is 0 Å². The van der Waals surface area contributed by atoms with Gasteiger partial charge in [-0.25, -0.2) is 0 Å². The van der Waals surface area contributed by atoms with Crippen molar-refractivity contribution in [2.24, 2.45) is 4.36 Å². The third kappa shape index (κ3) is 6.52. The molecule has 7 nitrogen and oxygen atoms in total. The van der Waals surface area contributed by atoms with Gasteiger partial charge in [-0.1, -0.05) is 30.3 Å². The maximum absolute atomic E-state index is 13.0. The molecule has 138 valence electrons. The van der Waals surface area contributed by atoms with Crippen LogP contribution in [-0.2, 0) is 25.4 Å². The molecule has 25 heavy (non-hydrogen) atoms. The van der Waals surface area contributed by atoms with Crippen molar-refractivity contribution < 1.29 is 17.9 Å². The molecule has 0 heterocycles. The molecule has 1 amide bonds. The van der Waals surface area contributed by atoms with Gasteiger partial charge in [0, 0.05) is 20.8 Å². The maximum Gasteiger partial charge on any atom is 0.311 e. The summed E-state index contributed by atoms with van der Waals surface area (Å²) in [6.45, 7) is 0.379. The number of methoxy groups -OCH3 is 1. The number of thiocarbonyl (C=S) groups is 1. The van der Waals surface area contributed by atoms with E-state index in [-0.39, 0.29) is 17.6 Å². The lowest BCUT2D eigenvalue weighted by Gasteiger charge is -2.31. The summed E-state index contributed by atoms with van der Waals surface area (Å²) < 4.78 is 30.6. The Balaban J connectivity index is 3.27. The summed E-state index contributed by atoms with van der Waals surface area (Å²) in [6, 6.07) is 9.02. The minimum absolute atomic E-state index is 0.172. The maximum atomic E-state index is 13.0. The van der Waals surface area contributed by atoms with E-state index in [2.05, 4.69) is 15.0 Å². The van der Waals surface area contributed by atoms with Gasteiger partial charge in [-0.15, -0.1) is 0 Å². The minimum atomic E-state index is -2.60. The average molecular weight is 386 g/mol. The highest BCUT2D eigenvalue weighted by atomic mass is 32.2. The van der Waals surface area contributed by atoms with Crippen molar-refractivity contribution in [1.82, 2.24) is 10.6 Å². The highest BCUT2D eigenvalue weighted by Crippen LogP contribution is 2.31. The van der Waals surface area contributed by atoms with E-state index in [9.17, 15) is 13.2 Å². The van der Waals surface area contributed by atoms with Gasteiger partial charge in [-0.3, -0.25) is 4.79 Å². The first kappa shape index (κ1) is 21.2. The summed E-state index contributed by atoms with van der Waals surface area (Å²) in [6.07, 6.45) is 1.83. The van der Waals surface area contributed by atoms with Crippen molar-refractivity contribution in [1.29, 1.82) is 0 Å². The molecule has 0 aliphatic rings. The number of carbonyl (C=O) groups is 1. The molecular formula is C16H23N3O4S2. The lowest BCUT2D eigenvalue weighted by atomic mass is 9.75. The van der Waals surface area contributed by atoms with E-state index in [4.69, 9.17) is 17.0 Å². The molecule has 0 aliphatic carbocycles. The van der Waals surface area contributed by atoms with E-state index in [0.29, 0.717) is 25.0 Å². The van der Waals surface area contributed by atoms with E-state index in [1.165, 1.54) is 0 Å². The van der Waals surface area contributed by atoms with Crippen LogP contribution in [0.25, 0.3) is 0 Å². The molecule has 2 N–H and O–H groups in total. The van der Waals surface area contributed by atoms with Crippen LogP contribution in [0.2, 0.25) is 0 Å². The van der Waals surface area contributed by atoms with Crippen LogP contribution in [0.15, 0.2) is 34.7 Å². The van der Waals surface area contributed by atoms with Gasteiger partial charge >= 0.3 is 10.5 Å². The Morgan fingerprint density at radius 2 is 1.96 bits per heavy atom. The van der Waals surface area contributed by atoms with Crippen LogP contribution in [0.3, 0.4) is 0 Å². The molecule has 0 radical (unpaired) electrons. The number of hydrogen-bond acceptors (Lipinski definition) is 6. The predicted octanol–water partition coefficient (Wildman–Crippen LogP) is 1.42. The molecule has 0 saturated heterocycles. The Hall–Kier alpha value is -1.84. The molecule has 0 fully saturated rings. The van der Waals surface area contributed by atoms with Gasteiger partial charge in [0.05, 0.1) is 12.0 Å². The molecule has 0 aliphatic heterocycles. The molecule has 1 aromatic carbocycles. The van der Waals surface area contributed by atoms with Crippen LogP contribution in [0, 0.1) is 0 Å². The quantitative estimate of drug-likeness (QED) is 0.493. The van der Waals surface area contributed by atoms with Gasteiger partial charge in [0.25, 0.3) is 0 Å². The fourth-order valence-electron chi connectivity index (χ4n) is 2.51. The van der Waals surface area contributed by atoms with Crippen molar-refractivity contribution in [2.45, 2.75) is 24.7 Å². The van der Waals surface area contributed by atoms with Crippen molar-refractivity contribution in [2.75, 3.05) is 27.3 Å². The number of nitrogens with one attached hydrogen (secondary N) is 2. The first-order valence-corrected chi connectivity index (χ1v) is 9.25. The van der Waals surface area contributed by atoms with Crippen LogP contribution >= 0.6 is 12.2 Å². The Kier molecular flexibility index (Phi) is 9.25. The molecule has 0 bridgehead atoms.